The molecule has 1 aliphatic heterocycles. The van der Waals surface area contributed by atoms with Crippen LogP contribution < -0.4 is 10.1 Å². The summed E-state index contributed by atoms with van der Waals surface area (Å²) in [4.78, 5) is 16.7. The molecule has 0 aromatic heterocycles. The molecule has 6 nitrogen and oxygen atoms in total. The van der Waals surface area contributed by atoms with Crippen molar-refractivity contribution in [1.29, 1.82) is 0 Å². The van der Waals surface area contributed by atoms with Crippen LogP contribution in [0.1, 0.15) is 22.8 Å². The Morgan fingerprint density at radius 1 is 0.973 bits per heavy atom. The Morgan fingerprint density at radius 3 is 2.32 bits per heavy atom. The van der Waals surface area contributed by atoms with Crippen molar-refractivity contribution in [1.82, 2.24) is 15.1 Å². The topological polar surface area (TPSA) is 54.0 Å². The van der Waals surface area contributed by atoms with Gasteiger partial charge >= 0.3 is 6.03 Å². The molecule has 9 heteroatoms. The van der Waals surface area contributed by atoms with E-state index >= 15 is 0 Å². The maximum Gasteiger partial charge on any atom is 0.317 e. The fourth-order valence-corrected chi connectivity index (χ4v) is 4.41. The van der Waals surface area contributed by atoms with Crippen LogP contribution >= 0.6 is 11.6 Å². The zero-order valence-corrected chi connectivity index (χ0v) is 21.4. The first-order chi connectivity index (χ1) is 17.9. The molecule has 196 valence electrons. The lowest BCUT2D eigenvalue weighted by molar-refractivity contribution is 0.00340. The summed E-state index contributed by atoms with van der Waals surface area (Å²) in [7, 11) is 1.60. The molecule has 37 heavy (non-hydrogen) atoms. The van der Waals surface area contributed by atoms with Crippen molar-refractivity contribution in [2.24, 2.45) is 0 Å². The van der Waals surface area contributed by atoms with E-state index in [1.165, 1.54) is 18.2 Å². The molecule has 3 aromatic rings. The van der Waals surface area contributed by atoms with Gasteiger partial charge in [0.05, 0.1) is 19.8 Å². The Kier molecular flexibility index (Phi) is 9.33. The average molecular weight is 530 g/mol. The summed E-state index contributed by atoms with van der Waals surface area (Å²) in [6.45, 7) is 3.07. The minimum Gasteiger partial charge on any atom is -0.496 e. The minimum atomic E-state index is -0.636. The summed E-state index contributed by atoms with van der Waals surface area (Å²) < 4.78 is 39.7. The van der Waals surface area contributed by atoms with Crippen LogP contribution in [0.5, 0.6) is 5.75 Å². The highest BCUT2D eigenvalue weighted by atomic mass is 35.5. The lowest BCUT2D eigenvalue weighted by atomic mass is 10.1. The summed E-state index contributed by atoms with van der Waals surface area (Å²) in [5.41, 5.74) is 1.67. The second kappa shape index (κ2) is 12.9. The van der Waals surface area contributed by atoms with Gasteiger partial charge in [0.2, 0.25) is 0 Å². The highest BCUT2D eigenvalue weighted by Crippen LogP contribution is 2.25. The molecule has 1 aliphatic rings. The number of hydrogen-bond acceptors (Lipinski definition) is 4. The number of amides is 2. The van der Waals surface area contributed by atoms with Crippen molar-refractivity contribution in [2.75, 3.05) is 39.8 Å². The number of methoxy groups -OCH3 is 1. The summed E-state index contributed by atoms with van der Waals surface area (Å²) in [5.74, 6) is -0.540. The number of piperazine rings is 1. The number of ether oxygens (including phenoxy) is 2. The van der Waals surface area contributed by atoms with Gasteiger partial charge in [0.15, 0.2) is 0 Å². The number of halogens is 3. The molecule has 0 spiro atoms. The van der Waals surface area contributed by atoms with Crippen LogP contribution in [-0.4, -0.2) is 55.7 Å². The normalized spacial score (nSPS) is 14.9. The molecule has 3 aromatic carbocycles. The van der Waals surface area contributed by atoms with Gasteiger partial charge in [-0.1, -0.05) is 48.0 Å². The molecule has 4 rings (SSSR count). The predicted octanol–water partition coefficient (Wildman–Crippen LogP) is 5.41. The highest BCUT2D eigenvalue weighted by Gasteiger charge is 2.25. The molecule has 1 heterocycles. The molecule has 1 unspecified atom stereocenters. The molecule has 1 fully saturated rings. The van der Waals surface area contributed by atoms with Crippen LogP contribution in [0, 0.1) is 11.6 Å². The van der Waals surface area contributed by atoms with E-state index in [0.717, 1.165) is 16.9 Å². The van der Waals surface area contributed by atoms with E-state index in [1.54, 1.807) is 24.1 Å². The quantitative estimate of drug-likeness (QED) is 0.402. The van der Waals surface area contributed by atoms with Crippen LogP contribution in [0.15, 0.2) is 66.7 Å². The third-order valence-corrected chi connectivity index (χ3v) is 6.69. The van der Waals surface area contributed by atoms with Gasteiger partial charge < -0.3 is 19.7 Å². The zero-order valence-electron chi connectivity index (χ0n) is 20.6. The van der Waals surface area contributed by atoms with Gasteiger partial charge in [-0.15, -0.1) is 0 Å². The van der Waals surface area contributed by atoms with Crippen LogP contribution in [0.4, 0.5) is 13.6 Å². The second-order valence-corrected chi connectivity index (χ2v) is 9.25. The highest BCUT2D eigenvalue weighted by molar-refractivity contribution is 6.30. The summed E-state index contributed by atoms with van der Waals surface area (Å²) in [6, 6.07) is 18.4. The zero-order chi connectivity index (χ0) is 26.2. The Labute approximate surface area is 220 Å². The molecular formula is C28H30ClF2N3O3. The van der Waals surface area contributed by atoms with Gasteiger partial charge in [-0.2, -0.15) is 0 Å². The van der Waals surface area contributed by atoms with Crippen molar-refractivity contribution in [3.05, 3.63) is 100 Å². The minimum absolute atomic E-state index is 0.0991. The number of para-hydroxylation sites is 1. The lowest BCUT2D eigenvalue weighted by Crippen LogP contribution is -2.52. The number of rotatable bonds is 9. The van der Waals surface area contributed by atoms with Crippen molar-refractivity contribution in [3.63, 3.8) is 0 Å². The molecule has 0 aliphatic carbocycles. The number of carbonyl (C=O) groups excluding carboxylic acids is 1. The Bertz CT molecular complexity index is 1170. The molecule has 0 bridgehead atoms. The number of urea groups is 1. The molecule has 0 saturated carbocycles. The van der Waals surface area contributed by atoms with Gasteiger partial charge in [-0.3, -0.25) is 4.90 Å². The SMILES string of the molecule is COc1ccccc1CNC(=O)N1CCN(CC(OCc2c(F)cccc2F)c2ccc(Cl)cc2)CC1. The third kappa shape index (κ3) is 7.19. The summed E-state index contributed by atoms with van der Waals surface area (Å²) >= 11 is 6.05. The van der Waals surface area contributed by atoms with Gasteiger partial charge in [0.1, 0.15) is 17.4 Å². The van der Waals surface area contributed by atoms with Crippen LogP contribution in [0.2, 0.25) is 5.02 Å². The number of benzene rings is 3. The van der Waals surface area contributed by atoms with E-state index in [9.17, 15) is 13.6 Å². The lowest BCUT2D eigenvalue weighted by Gasteiger charge is -2.36. The molecule has 2 amide bonds. The molecule has 0 radical (unpaired) electrons. The van der Waals surface area contributed by atoms with Gasteiger partial charge in [-0.25, -0.2) is 13.6 Å². The first-order valence-electron chi connectivity index (χ1n) is 12.1. The smallest absolute Gasteiger partial charge is 0.317 e. The molecular weight excluding hydrogens is 500 g/mol. The molecule has 1 saturated heterocycles. The second-order valence-electron chi connectivity index (χ2n) is 8.81. The number of nitrogens with one attached hydrogen (secondary N) is 1. The van der Waals surface area contributed by atoms with E-state index in [-0.39, 0.29) is 18.2 Å². The maximum absolute atomic E-state index is 14.1. The summed E-state index contributed by atoms with van der Waals surface area (Å²) in [5, 5.41) is 3.55. The Balaban J connectivity index is 1.34. The van der Waals surface area contributed by atoms with Gasteiger partial charge in [0, 0.05) is 55.4 Å². The van der Waals surface area contributed by atoms with E-state index in [1.807, 2.05) is 36.4 Å². The number of hydrogen-bond donors (Lipinski definition) is 1. The Hall–Kier alpha value is -3.20. The first kappa shape index (κ1) is 26.9. The van der Waals surface area contributed by atoms with Crippen LogP contribution in [0.25, 0.3) is 0 Å². The van der Waals surface area contributed by atoms with Crippen molar-refractivity contribution >= 4 is 17.6 Å². The van der Waals surface area contributed by atoms with E-state index in [2.05, 4.69) is 10.2 Å². The third-order valence-electron chi connectivity index (χ3n) is 6.44. The largest absolute Gasteiger partial charge is 0.496 e. The van der Waals surface area contributed by atoms with Gasteiger partial charge in [0.25, 0.3) is 0 Å². The van der Waals surface area contributed by atoms with Crippen molar-refractivity contribution < 1.29 is 23.0 Å². The monoisotopic (exact) mass is 529 g/mol. The van der Waals surface area contributed by atoms with E-state index in [0.29, 0.717) is 44.3 Å². The Morgan fingerprint density at radius 2 is 1.65 bits per heavy atom. The van der Waals surface area contributed by atoms with Crippen molar-refractivity contribution in [2.45, 2.75) is 19.3 Å². The van der Waals surface area contributed by atoms with Gasteiger partial charge in [-0.05, 0) is 35.9 Å². The fourth-order valence-electron chi connectivity index (χ4n) is 4.29. The van der Waals surface area contributed by atoms with E-state index < -0.39 is 17.7 Å². The first-order valence-corrected chi connectivity index (χ1v) is 12.5. The fraction of sp³-hybridized carbons (Fsp3) is 0.321. The number of carbonyl (C=O) groups is 1. The van der Waals surface area contributed by atoms with E-state index in [4.69, 9.17) is 21.1 Å². The summed E-state index contributed by atoms with van der Waals surface area (Å²) in [6.07, 6.45) is -0.429. The maximum atomic E-state index is 14.1. The average Bonchev–Trinajstić information content (AvgIpc) is 2.91. The molecule has 1 atom stereocenters. The van der Waals surface area contributed by atoms with Crippen LogP contribution in [-0.2, 0) is 17.9 Å². The number of nitrogens with zero attached hydrogens (tertiary/aromatic N) is 2. The standard InChI is InChI=1S/C28H30ClF2N3O3/c1-36-26-8-3-2-5-21(26)17-32-28(35)34-15-13-33(14-16-34)18-27(20-9-11-22(29)12-10-20)37-19-23-24(30)6-4-7-25(23)31/h2-12,27H,13-19H2,1H3,(H,32,35). The van der Waals surface area contributed by atoms with Crippen molar-refractivity contribution in [3.8, 4) is 5.75 Å². The molecule has 1 N–H and O–H groups in total. The predicted molar refractivity (Wildman–Crippen MR) is 139 cm³/mol. The van der Waals surface area contributed by atoms with Crippen LogP contribution in [0.3, 0.4) is 0 Å².